The van der Waals surface area contributed by atoms with Gasteiger partial charge in [-0.05, 0) is 0 Å². The van der Waals surface area contributed by atoms with E-state index < -0.39 is 0 Å². The summed E-state index contributed by atoms with van der Waals surface area (Å²) in [6.07, 6.45) is 3.72. The Morgan fingerprint density at radius 2 is 1.92 bits per heavy atom. The first-order valence-electron chi connectivity index (χ1n) is 8.48. The van der Waals surface area contributed by atoms with E-state index in [1.807, 2.05) is 24.1 Å². The normalized spacial score (nSPS) is 14.5. The second-order valence-electron chi connectivity index (χ2n) is 7.55. The van der Waals surface area contributed by atoms with Gasteiger partial charge in [-0.3, -0.25) is 9.36 Å². The van der Waals surface area contributed by atoms with Crippen LogP contribution in [-0.4, -0.2) is 41.2 Å². The predicted molar refractivity (Wildman–Crippen MR) is 94.2 cm³/mol. The summed E-state index contributed by atoms with van der Waals surface area (Å²) < 4.78 is 3.67. The molecule has 1 aliphatic heterocycles. The van der Waals surface area contributed by atoms with E-state index in [4.69, 9.17) is 9.97 Å². The van der Waals surface area contributed by atoms with Gasteiger partial charge >= 0.3 is 0 Å². The molecule has 0 fully saturated rings. The fourth-order valence-electron chi connectivity index (χ4n) is 3.23. The van der Waals surface area contributed by atoms with Crippen molar-refractivity contribution in [2.24, 2.45) is 7.05 Å². The molecule has 0 aliphatic carbocycles. The molecular formula is C17H23N7O. The molecule has 4 heterocycles. The molecule has 132 valence electrons. The molecule has 0 aromatic carbocycles. The molecular weight excluding hydrogens is 318 g/mol. The lowest BCUT2D eigenvalue weighted by molar-refractivity contribution is 0.267. The molecule has 0 spiro atoms. The third-order valence-electron chi connectivity index (χ3n) is 4.59. The van der Waals surface area contributed by atoms with Crippen LogP contribution in [0, 0.1) is 0 Å². The molecule has 25 heavy (non-hydrogen) atoms. The van der Waals surface area contributed by atoms with Crippen molar-refractivity contribution in [3.05, 3.63) is 29.5 Å². The summed E-state index contributed by atoms with van der Waals surface area (Å²) in [7, 11) is 1.91. The van der Waals surface area contributed by atoms with E-state index in [0.717, 1.165) is 41.5 Å². The Balaban J connectivity index is 1.79. The highest BCUT2D eigenvalue weighted by molar-refractivity contribution is 5.87. The van der Waals surface area contributed by atoms with Gasteiger partial charge in [-0.15, -0.1) is 0 Å². The van der Waals surface area contributed by atoms with Gasteiger partial charge in [0.25, 0.3) is 0 Å². The highest BCUT2D eigenvalue weighted by atomic mass is 16.3. The fourth-order valence-corrected chi connectivity index (χ4v) is 3.23. The zero-order valence-corrected chi connectivity index (χ0v) is 15.1. The molecule has 0 unspecified atom stereocenters. The molecule has 0 atom stereocenters. The van der Waals surface area contributed by atoms with E-state index in [1.165, 1.54) is 5.56 Å². The highest BCUT2D eigenvalue weighted by Crippen LogP contribution is 2.33. The molecule has 3 aromatic rings. The summed E-state index contributed by atoms with van der Waals surface area (Å²) >= 11 is 0. The predicted octanol–water partition coefficient (Wildman–Crippen LogP) is 1.37. The van der Waals surface area contributed by atoms with E-state index >= 15 is 0 Å². The number of aliphatic hydroxyl groups is 1. The number of anilines is 1. The van der Waals surface area contributed by atoms with Crippen LogP contribution in [0.3, 0.4) is 0 Å². The Bertz CT molecular complexity index is 935. The standard InChI is InChI=1S/C17H23N7O/c1-17(2,3)16-20-14-12(8-18-22(14)4)15(21-16)23-9-11-7-19-24(5-6-25)13(11)10-23/h7-8,25H,5-6,9-10H2,1-4H3. The van der Waals surface area contributed by atoms with Gasteiger partial charge in [0.1, 0.15) is 11.6 Å². The van der Waals surface area contributed by atoms with Crippen molar-refractivity contribution in [3.63, 3.8) is 0 Å². The zero-order chi connectivity index (χ0) is 17.8. The number of nitrogens with zero attached hydrogens (tertiary/aromatic N) is 7. The van der Waals surface area contributed by atoms with Crippen LogP contribution in [-0.2, 0) is 32.1 Å². The monoisotopic (exact) mass is 341 g/mol. The highest BCUT2D eigenvalue weighted by Gasteiger charge is 2.29. The van der Waals surface area contributed by atoms with Crippen LogP contribution in [0.25, 0.3) is 11.0 Å². The number of rotatable bonds is 3. The van der Waals surface area contributed by atoms with Crippen LogP contribution in [0.5, 0.6) is 0 Å². The van der Waals surface area contributed by atoms with Gasteiger partial charge in [0, 0.05) is 24.6 Å². The first-order chi connectivity index (χ1) is 11.9. The van der Waals surface area contributed by atoms with Gasteiger partial charge < -0.3 is 10.0 Å². The second kappa shape index (κ2) is 5.52. The van der Waals surface area contributed by atoms with Crippen LogP contribution < -0.4 is 4.90 Å². The maximum absolute atomic E-state index is 9.22. The minimum atomic E-state index is -0.145. The van der Waals surface area contributed by atoms with E-state index in [1.54, 1.807) is 4.68 Å². The molecule has 0 saturated carbocycles. The summed E-state index contributed by atoms with van der Waals surface area (Å²) in [5, 5.41) is 18.9. The molecule has 1 N–H and O–H groups in total. The number of aliphatic hydroxyl groups excluding tert-OH is 1. The lowest BCUT2D eigenvalue weighted by Crippen LogP contribution is -2.23. The lowest BCUT2D eigenvalue weighted by Gasteiger charge is -2.22. The van der Waals surface area contributed by atoms with Crippen LogP contribution in [0.15, 0.2) is 12.4 Å². The molecule has 3 aromatic heterocycles. The number of fused-ring (bicyclic) bond motifs is 2. The van der Waals surface area contributed by atoms with Crippen LogP contribution >= 0.6 is 0 Å². The van der Waals surface area contributed by atoms with Crippen molar-refractivity contribution >= 4 is 16.9 Å². The van der Waals surface area contributed by atoms with Gasteiger partial charge in [-0.2, -0.15) is 10.2 Å². The molecule has 8 nitrogen and oxygen atoms in total. The van der Waals surface area contributed by atoms with Gasteiger partial charge in [-0.1, -0.05) is 20.8 Å². The molecule has 0 bridgehead atoms. The smallest absolute Gasteiger partial charge is 0.163 e. The van der Waals surface area contributed by atoms with Gasteiger partial charge in [-0.25, -0.2) is 9.97 Å². The average molecular weight is 341 g/mol. The van der Waals surface area contributed by atoms with Gasteiger partial charge in [0.05, 0.1) is 43.2 Å². The summed E-state index contributed by atoms with van der Waals surface area (Å²) in [4.78, 5) is 11.9. The Hall–Kier alpha value is -2.48. The fraction of sp³-hybridized carbons (Fsp3) is 0.529. The summed E-state index contributed by atoms with van der Waals surface area (Å²) in [6.45, 7) is 8.43. The SMILES string of the molecule is Cn1ncc2c(N3Cc4cnn(CCO)c4C3)nc(C(C)(C)C)nc21. The Kier molecular flexibility index (Phi) is 3.54. The largest absolute Gasteiger partial charge is 0.394 e. The molecule has 0 radical (unpaired) electrons. The van der Waals surface area contributed by atoms with Crippen molar-refractivity contribution in [3.8, 4) is 0 Å². The van der Waals surface area contributed by atoms with Gasteiger partial charge in [0.2, 0.25) is 0 Å². The topological polar surface area (TPSA) is 84.9 Å². The molecule has 0 amide bonds. The Labute approximate surface area is 146 Å². The van der Waals surface area contributed by atoms with Crippen LogP contribution in [0.1, 0.15) is 37.9 Å². The third kappa shape index (κ3) is 2.57. The van der Waals surface area contributed by atoms with Gasteiger partial charge in [0.15, 0.2) is 5.65 Å². The molecule has 8 heteroatoms. The summed E-state index contributed by atoms with van der Waals surface area (Å²) in [5.41, 5.74) is 3.03. The van der Waals surface area contributed by atoms with E-state index in [-0.39, 0.29) is 12.0 Å². The minimum Gasteiger partial charge on any atom is -0.394 e. The number of hydrogen-bond donors (Lipinski definition) is 1. The molecule has 1 aliphatic rings. The molecule has 0 saturated heterocycles. The zero-order valence-electron chi connectivity index (χ0n) is 15.1. The van der Waals surface area contributed by atoms with E-state index in [9.17, 15) is 5.11 Å². The number of aryl methyl sites for hydroxylation is 1. The number of aromatic nitrogens is 6. The quantitative estimate of drug-likeness (QED) is 0.774. The maximum Gasteiger partial charge on any atom is 0.163 e. The summed E-state index contributed by atoms with van der Waals surface area (Å²) in [5.74, 6) is 1.72. The van der Waals surface area contributed by atoms with E-state index in [0.29, 0.717) is 6.54 Å². The molecule has 4 rings (SSSR count). The van der Waals surface area contributed by atoms with Crippen molar-refractivity contribution in [2.75, 3.05) is 11.5 Å². The van der Waals surface area contributed by atoms with Crippen molar-refractivity contribution in [1.29, 1.82) is 0 Å². The average Bonchev–Trinajstić information content (AvgIpc) is 3.22. The van der Waals surface area contributed by atoms with Crippen molar-refractivity contribution < 1.29 is 5.11 Å². The van der Waals surface area contributed by atoms with Crippen LogP contribution in [0.2, 0.25) is 0 Å². The Morgan fingerprint density at radius 1 is 1.12 bits per heavy atom. The van der Waals surface area contributed by atoms with Crippen molar-refractivity contribution in [1.82, 2.24) is 29.5 Å². The maximum atomic E-state index is 9.22. The van der Waals surface area contributed by atoms with E-state index in [2.05, 4.69) is 35.9 Å². The third-order valence-corrected chi connectivity index (χ3v) is 4.59. The number of hydrogen-bond acceptors (Lipinski definition) is 6. The second-order valence-corrected chi connectivity index (χ2v) is 7.55. The van der Waals surface area contributed by atoms with Crippen LogP contribution in [0.4, 0.5) is 5.82 Å². The Morgan fingerprint density at radius 3 is 2.64 bits per heavy atom. The first kappa shape index (κ1) is 16.0. The first-order valence-corrected chi connectivity index (χ1v) is 8.48. The minimum absolute atomic E-state index is 0.0860. The summed E-state index contributed by atoms with van der Waals surface area (Å²) in [6, 6.07) is 0. The van der Waals surface area contributed by atoms with Crippen molar-refractivity contribution in [2.45, 2.75) is 45.8 Å². The lowest BCUT2D eigenvalue weighted by atomic mass is 9.95.